The average molecular weight is 298 g/mol. The van der Waals surface area contributed by atoms with Crippen molar-refractivity contribution in [1.29, 1.82) is 0 Å². The Kier molecular flexibility index (Phi) is 7.69. The number of nitrogens with one attached hydrogen (secondary N) is 2. The van der Waals surface area contributed by atoms with E-state index in [4.69, 9.17) is 5.73 Å². The van der Waals surface area contributed by atoms with Crippen LogP contribution in [0.4, 0.5) is 0 Å². The number of imidazole rings is 1. The van der Waals surface area contributed by atoms with Crippen molar-refractivity contribution in [1.82, 2.24) is 15.3 Å². The van der Waals surface area contributed by atoms with Gasteiger partial charge in [-0.3, -0.25) is 4.79 Å². The molecule has 0 aliphatic heterocycles. The minimum absolute atomic E-state index is 0.0815. The highest BCUT2D eigenvalue weighted by molar-refractivity contribution is 7.99. The van der Waals surface area contributed by atoms with E-state index in [9.17, 15) is 4.79 Å². The lowest BCUT2D eigenvalue weighted by Crippen LogP contribution is -2.47. The van der Waals surface area contributed by atoms with Crippen molar-refractivity contribution >= 4 is 17.7 Å². The molecule has 6 heteroatoms. The Labute approximate surface area is 125 Å². The summed E-state index contributed by atoms with van der Waals surface area (Å²) in [6.45, 7) is 6.46. The maximum atomic E-state index is 12.1. The van der Waals surface area contributed by atoms with Crippen LogP contribution >= 0.6 is 11.8 Å². The number of thioether (sulfide) groups is 1. The van der Waals surface area contributed by atoms with Gasteiger partial charge in [0.1, 0.15) is 0 Å². The van der Waals surface area contributed by atoms with Crippen LogP contribution in [0.15, 0.2) is 12.5 Å². The number of hydrogen-bond acceptors (Lipinski definition) is 4. The molecule has 1 aromatic heterocycles. The van der Waals surface area contributed by atoms with Crippen LogP contribution < -0.4 is 11.1 Å². The molecular weight excluding hydrogens is 272 g/mol. The fraction of sp³-hybridized carbons (Fsp3) is 0.714. The molecule has 0 fully saturated rings. The number of carbonyl (C=O) groups excluding carboxylic acids is 1. The van der Waals surface area contributed by atoms with Crippen molar-refractivity contribution in [3.63, 3.8) is 0 Å². The fourth-order valence-corrected chi connectivity index (χ4v) is 2.77. The second-order valence-electron chi connectivity index (χ2n) is 5.38. The zero-order valence-corrected chi connectivity index (χ0v) is 13.4. The Morgan fingerprint density at radius 3 is 2.85 bits per heavy atom. The average Bonchev–Trinajstić information content (AvgIpc) is 2.87. The third-order valence-electron chi connectivity index (χ3n) is 2.96. The molecule has 0 spiro atoms. The lowest BCUT2D eigenvalue weighted by Gasteiger charge is -2.22. The van der Waals surface area contributed by atoms with E-state index in [1.807, 2.05) is 11.8 Å². The van der Waals surface area contributed by atoms with Crippen LogP contribution in [0.2, 0.25) is 0 Å². The van der Waals surface area contributed by atoms with Gasteiger partial charge < -0.3 is 16.0 Å². The predicted octanol–water partition coefficient (Wildman–Crippen LogP) is 1.56. The molecular formula is C14H26N4OS. The molecule has 0 unspecified atom stereocenters. The van der Waals surface area contributed by atoms with Gasteiger partial charge >= 0.3 is 0 Å². The van der Waals surface area contributed by atoms with Crippen molar-refractivity contribution in [2.45, 2.75) is 45.7 Å². The van der Waals surface area contributed by atoms with Gasteiger partial charge in [-0.15, -0.1) is 0 Å². The van der Waals surface area contributed by atoms with E-state index in [2.05, 4.69) is 36.1 Å². The zero-order chi connectivity index (χ0) is 15.0. The largest absolute Gasteiger partial charge is 0.351 e. The summed E-state index contributed by atoms with van der Waals surface area (Å²) in [7, 11) is 0. The molecule has 0 radical (unpaired) electrons. The fourth-order valence-electron chi connectivity index (χ4n) is 2.03. The Balaban J connectivity index is 2.46. The lowest BCUT2D eigenvalue weighted by molar-refractivity contribution is -0.123. The van der Waals surface area contributed by atoms with Crippen molar-refractivity contribution in [3.05, 3.63) is 18.2 Å². The molecule has 1 amide bonds. The van der Waals surface area contributed by atoms with Crippen LogP contribution in [0, 0.1) is 5.92 Å². The molecule has 0 bridgehead atoms. The third kappa shape index (κ3) is 6.43. The molecule has 0 aliphatic carbocycles. The topological polar surface area (TPSA) is 83.8 Å². The molecule has 0 aliphatic rings. The summed E-state index contributed by atoms with van der Waals surface area (Å²) >= 11 is 1.85. The first kappa shape index (κ1) is 17.0. The quantitative estimate of drug-likeness (QED) is 0.646. The van der Waals surface area contributed by atoms with E-state index in [1.165, 1.54) is 0 Å². The van der Waals surface area contributed by atoms with Crippen molar-refractivity contribution in [3.8, 4) is 0 Å². The summed E-state index contributed by atoms with van der Waals surface area (Å²) < 4.78 is 0. The second-order valence-corrected chi connectivity index (χ2v) is 6.70. The van der Waals surface area contributed by atoms with E-state index in [0.29, 0.717) is 12.3 Å². The third-order valence-corrected chi connectivity index (χ3v) is 4.00. The maximum Gasteiger partial charge on any atom is 0.237 e. The highest BCUT2D eigenvalue weighted by Crippen LogP contribution is 2.11. The molecule has 114 valence electrons. The van der Waals surface area contributed by atoms with Gasteiger partial charge in [0.05, 0.1) is 12.4 Å². The number of nitrogens with two attached hydrogens (primary N) is 1. The van der Waals surface area contributed by atoms with Gasteiger partial charge in [-0.25, -0.2) is 4.98 Å². The Bertz CT molecular complexity index is 381. The highest BCUT2D eigenvalue weighted by atomic mass is 32.2. The predicted molar refractivity (Wildman–Crippen MR) is 84.7 cm³/mol. The first-order chi connectivity index (χ1) is 9.52. The summed E-state index contributed by atoms with van der Waals surface area (Å²) in [5.74, 6) is 2.48. The molecule has 0 aromatic carbocycles. The Morgan fingerprint density at radius 2 is 2.30 bits per heavy atom. The zero-order valence-electron chi connectivity index (χ0n) is 12.6. The van der Waals surface area contributed by atoms with Gasteiger partial charge in [0.25, 0.3) is 0 Å². The number of nitrogens with zero attached hydrogens (tertiary/aromatic N) is 1. The van der Waals surface area contributed by atoms with E-state index in [1.54, 1.807) is 12.5 Å². The summed E-state index contributed by atoms with van der Waals surface area (Å²) in [4.78, 5) is 19.0. The Morgan fingerprint density at radius 1 is 1.55 bits per heavy atom. The van der Waals surface area contributed by atoms with Crippen LogP contribution in [0.25, 0.3) is 0 Å². The second kappa shape index (κ2) is 9.02. The standard InChI is InChI=1S/C14H26N4OS/c1-4-20-8-12(5-10(2)3)18-14(19)13(15)6-11-7-16-9-17-11/h7,9-10,12-13H,4-6,8,15H2,1-3H3,(H,16,17)(H,18,19)/t12-,13-/m0/s1. The van der Waals surface area contributed by atoms with E-state index >= 15 is 0 Å². The molecule has 1 aromatic rings. The van der Waals surface area contributed by atoms with Crippen LogP contribution in [0.5, 0.6) is 0 Å². The SMILES string of the molecule is CCSC[C@H](CC(C)C)NC(=O)[C@@H](N)Cc1cnc[nH]1. The summed E-state index contributed by atoms with van der Waals surface area (Å²) in [6, 6.07) is -0.336. The van der Waals surface area contributed by atoms with Gasteiger partial charge in [-0.1, -0.05) is 20.8 Å². The number of aromatic nitrogens is 2. The van der Waals surface area contributed by atoms with Gasteiger partial charge in [-0.2, -0.15) is 11.8 Å². The number of hydrogen-bond donors (Lipinski definition) is 3. The van der Waals surface area contributed by atoms with Gasteiger partial charge in [0.2, 0.25) is 5.91 Å². The molecule has 1 rings (SSSR count). The molecule has 20 heavy (non-hydrogen) atoms. The number of rotatable bonds is 9. The van der Waals surface area contributed by atoms with E-state index in [-0.39, 0.29) is 11.9 Å². The van der Waals surface area contributed by atoms with Crippen molar-refractivity contribution in [2.24, 2.45) is 11.7 Å². The van der Waals surface area contributed by atoms with Crippen LogP contribution in [-0.2, 0) is 11.2 Å². The van der Waals surface area contributed by atoms with Crippen LogP contribution in [-0.4, -0.2) is 39.5 Å². The number of amides is 1. The van der Waals surface area contributed by atoms with Crippen LogP contribution in [0.1, 0.15) is 32.9 Å². The number of H-pyrrole nitrogens is 1. The van der Waals surface area contributed by atoms with Crippen molar-refractivity contribution < 1.29 is 4.79 Å². The molecule has 2 atom stereocenters. The summed E-state index contributed by atoms with van der Waals surface area (Å²) in [6.07, 6.45) is 4.77. The minimum Gasteiger partial charge on any atom is -0.351 e. The smallest absolute Gasteiger partial charge is 0.237 e. The summed E-state index contributed by atoms with van der Waals surface area (Å²) in [5.41, 5.74) is 6.83. The van der Waals surface area contributed by atoms with Gasteiger partial charge in [0, 0.05) is 30.1 Å². The summed E-state index contributed by atoms with van der Waals surface area (Å²) in [5, 5.41) is 3.08. The molecule has 0 saturated carbocycles. The Hall–Kier alpha value is -1.01. The maximum absolute atomic E-state index is 12.1. The normalized spacial score (nSPS) is 14.2. The molecule has 1 heterocycles. The lowest BCUT2D eigenvalue weighted by atomic mass is 10.0. The highest BCUT2D eigenvalue weighted by Gasteiger charge is 2.19. The van der Waals surface area contributed by atoms with E-state index < -0.39 is 6.04 Å². The molecule has 4 N–H and O–H groups in total. The number of carbonyl (C=O) groups is 1. The minimum atomic E-state index is -0.531. The number of aromatic amines is 1. The van der Waals surface area contributed by atoms with Gasteiger partial charge in [0.15, 0.2) is 0 Å². The van der Waals surface area contributed by atoms with Crippen molar-refractivity contribution in [2.75, 3.05) is 11.5 Å². The van der Waals surface area contributed by atoms with Gasteiger partial charge in [-0.05, 0) is 18.1 Å². The first-order valence-corrected chi connectivity index (χ1v) is 8.29. The van der Waals surface area contributed by atoms with E-state index in [0.717, 1.165) is 23.6 Å². The molecule has 0 saturated heterocycles. The first-order valence-electron chi connectivity index (χ1n) is 7.13. The van der Waals surface area contributed by atoms with Crippen LogP contribution in [0.3, 0.4) is 0 Å². The molecule has 5 nitrogen and oxygen atoms in total. The monoisotopic (exact) mass is 298 g/mol.